The molecule has 1 aromatic heterocycles. The first kappa shape index (κ1) is 16.5. The fourth-order valence-electron chi connectivity index (χ4n) is 4.57. The van der Waals surface area contributed by atoms with Crippen LogP contribution in [0.1, 0.15) is 22.6 Å². The number of fused-ring (bicyclic) bond motifs is 2. The van der Waals surface area contributed by atoms with E-state index in [1.165, 1.54) is 0 Å². The zero-order valence-electron chi connectivity index (χ0n) is 13.4. The highest BCUT2D eigenvalue weighted by Gasteiger charge is 2.50. The van der Waals surface area contributed by atoms with Crippen molar-refractivity contribution in [3.8, 4) is 24.3 Å². The fourth-order valence-corrected chi connectivity index (χ4v) is 6.92. The lowest BCUT2D eigenvalue weighted by Gasteiger charge is -2.49. The molecule has 2 unspecified atom stereocenters. The van der Waals surface area contributed by atoms with Gasteiger partial charge in [-0.2, -0.15) is 21.0 Å². The Morgan fingerprint density at radius 3 is 1.50 bits per heavy atom. The Hall–Kier alpha value is -2.97. The summed E-state index contributed by atoms with van der Waals surface area (Å²) in [4.78, 5) is 13.4. The standard InChI is InChI=1S/C19H10N4OS2/c20-5-11(6-21)15-13-9-1-2-10(4-3-9)14(13)16(12(7-22)8-23)18-17(15)25-19(24)26-18/h1-2,9-10,13-14H,3-4H2/t9-,10+,13?,14?. The highest BCUT2D eigenvalue weighted by atomic mass is 32.2. The van der Waals surface area contributed by atoms with Crippen LogP contribution in [-0.4, -0.2) is 0 Å². The van der Waals surface area contributed by atoms with Crippen molar-refractivity contribution < 1.29 is 0 Å². The number of hydrogen-bond donors (Lipinski definition) is 0. The molecule has 0 aliphatic heterocycles. The van der Waals surface area contributed by atoms with Crippen LogP contribution in [-0.2, 0) is 0 Å². The van der Waals surface area contributed by atoms with Crippen LogP contribution < -0.4 is 4.06 Å². The number of hydrogen-bond acceptors (Lipinski definition) is 7. The van der Waals surface area contributed by atoms with Gasteiger partial charge in [-0.15, -0.1) is 0 Å². The second-order valence-electron chi connectivity index (χ2n) is 6.48. The first-order valence-corrected chi connectivity index (χ1v) is 9.69. The van der Waals surface area contributed by atoms with Crippen molar-refractivity contribution in [1.82, 2.24) is 0 Å². The van der Waals surface area contributed by atoms with Crippen LogP contribution in [0.3, 0.4) is 0 Å². The molecular formula is C19H10N4OS2. The van der Waals surface area contributed by atoms with E-state index in [9.17, 15) is 25.8 Å². The molecule has 5 nitrogen and oxygen atoms in total. The average Bonchev–Trinajstić information content (AvgIpc) is 3.06. The molecule has 26 heavy (non-hydrogen) atoms. The van der Waals surface area contributed by atoms with Crippen molar-refractivity contribution in [3.63, 3.8) is 0 Å². The van der Waals surface area contributed by atoms with E-state index in [4.69, 9.17) is 0 Å². The lowest BCUT2D eigenvalue weighted by molar-refractivity contribution is 0.210. The second kappa shape index (κ2) is 6.08. The van der Waals surface area contributed by atoms with Crippen LogP contribution in [0.25, 0.3) is 11.1 Å². The van der Waals surface area contributed by atoms with E-state index in [1.54, 1.807) is 0 Å². The van der Waals surface area contributed by atoms with Crippen molar-refractivity contribution in [2.45, 2.75) is 12.8 Å². The Morgan fingerprint density at radius 1 is 0.808 bits per heavy atom. The minimum atomic E-state index is -0.158. The van der Waals surface area contributed by atoms with Crippen LogP contribution in [0.4, 0.5) is 0 Å². The molecule has 2 bridgehead atoms. The Bertz CT molecular complexity index is 1020. The number of nitrogens with zero attached hydrogens (tertiary/aromatic N) is 4. The summed E-state index contributed by atoms with van der Waals surface area (Å²) in [6.45, 7) is 0. The lowest BCUT2D eigenvalue weighted by Crippen LogP contribution is -2.40. The predicted molar refractivity (Wildman–Crippen MR) is 97.1 cm³/mol. The van der Waals surface area contributed by atoms with E-state index in [0.717, 1.165) is 35.5 Å². The third kappa shape index (κ3) is 2.12. The zero-order chi connectivity index (χ0) is 18.4. The lowest BCUT2D eigenvalue weighted by atomic mass is 9.54. The van der Waals surface area contributed by atoms with Crippen LogP contribution in [0.5, 0.6) is 0 Å². The number of nitriles is 4. The molecule has 0 saturated heterocycles. The summed E-state index contributed by atoms with van der Waals surface area (Å²) in [5.41, 5.74) is 1.34. The highest BCUT2D eigenvalue weighted by molar-refractivity contribution is 7.29. The van der Waals surface area contributed by atoms with Gasteiger partial charge in [0.15, 0.2) is 0 Å². The van der Waals surface area contributed by atoms with Gasteiger partial charge < -0.3 is 0 Å². The van der Waals surface area contributed by atoms with Crippen molar-refractivity contribution >= 4 is 33.8 Å². The van der Waals surface area contributed by atoms with Gasteiger partial charge in [0.25, 0.3) is 4.06 Å². The van der Waals surface area contributed by atoms with E-state index in [1.807, 2.05) is 24.3 Å². The van der Waals surface area contributed by atoms with Crippen LogP contribution in [0, 0.1) is 69.0 Å². The van der Waals surface area contributed by atoms with Gasteiger partial charge in [0.1, 0.15) is 35.4 Å². The maximum Gasteiger partial charge on any atom is 0.288 e. The molecule has 0 amide bonds. The molecule has 0 spiro atoms. The summed E-state index contributed by atoms with van der Waals surface area (Å²) in [6, 6.07) is 7.98. The maximum absolute atomic E-state index is 12.2. The van der Waals surface area contributed by atoms with Gasteiger partial charge in [0, 0.05) is 23.0 Å². The third-order valence-corrected chi connectivity index (χ3v) is 7.69. The van der Waals surface area contributed by atoms with Gasteiger partial charge in [-0.3, -0.25) is 4.79 Å². The van der Waals surface area contributed by atoms with E-state index in [0.29, 0.717) is 20.9 Å². The molecule has 1 heterocycles. The van der Waals surface area contributed by atoms with Gasteiger partial charge in [0.05, 0.1) is 9.75 Å². The average molecular weight is 374 g/mol. The second-order valence-corrected chi connectivity index (χ2v) is 8.70. The summed E-state index contributed by atoms with van der Waals surface area (Å²) in [5.74, 6) is -0.00336. The number of allylic oxidation sites excluding steroid dienone is 6. The minimum absolute atomic E-state index is 0.0331. The molecule has 0 aromatic carbocycles. The van der Waals surface area contributed by atoms with Gasteiger partial charge in [-0.1, -0.05) is 34.8 Å². The van der Waals surface area contributed by atoms with Crippen molar-refractivity contribution in [1.29, 1.82) is 21.0 Å². The molecule has 1 fully saturated rings. The third-order valence-electron chi connectivity index (χ3n) is 5.47. The summed E-state index contributed by atoms with van der Waals surface area (Å²) in [5, 5.41) is 38.0. The smallest absolute Gasteiger partial charge is 0.265 e. The topological polar surface area (TPSA) is 112 Å². The minimum Gasteiger partial charge on any atom is -0.265 e. The van der Waals surface area contributed by atoms with Crippen LogP contribution in [0.2, 0.25) is 0 Å². The summed E-state index contributed by atoms with van der Waals surface area (Å²) < 4.78 is -0.158. The largest absolute Gasteiger partial charge is 0.288 e. The van der Waals surface area contributed by atoms with Gasteiger partial charge in [-0.25, -0.2) is 0 Å². The molecule has 0 radical (unpaired) electrons. The molecule has 7 heteroatoms. The molecular weight excluding hydrogens is 364 g/mol. The quantitative estimate of drug-likeness (QED) is 0.508. The molecule has 0 N–H and O–H groups in total. The van der Waals surface area contributed by atoms with Crippen LogP contribution in [0.15, 0.2) is 28.1 Å². The molecule has 124 valence electrons. The molecule has 4 aliphatic rings. The summed E-state index contributed by atoms with van der Waals surface area (Å²) >= 11 is 2.02. The summed E-state index contributed by atoms with van der Waals surface area (Å²) in [6.07, 6.45) is 6.12. The fraction of sp³-hybridized carbons (Fsp3) is 0.316. The van der Waals surface area contributed by atoms with Crippen molar-refractivity contribution in [2.24, 2.45) is 23.7 Å². The molecule has 5 rings (SSSR count). The highest BCUT2D eigenvalue weighted by Crippen LogP contribution is 2.61. The Morgan fingerprint density at radius 2 is 1.19 bits per heavy atom. The van der Waals surface area contributed by atoms with E-state index in [-0.39, 0.29) is 38.9 Å². The molecule has 1 saturated carbocycles. The van der Waals surface area contributed by atoms with Crippen LogP contribution >= 0.6 is 22.7 Å². The molecule has 4 aliphatic carbocycles. The van der Waals surface area contributed by atoms with E-state index < -0.39 is 0 Å². The zero-order valence-corrected chi connectivity index (χ0v) is 15.0. The Balaban J connectivity index is 2.16. The van der Waals surface area contributed by atoms with Gasteiger partial charge in [0.2, 0.25) is 0 Å². The first-order valence-electron chi connectivity index (χ1n) is 8.06. The molecule has 4 atom stereocenters. The van der Waals surface area contributed by atoms with Crippen molar-refractivity contribution in [3.05, 3.63) is 41.9 Å². The Labute approximate surface area is 157 Å². The van der Waals surface area contributed by atoms with Gasteiger partial charge >= 0.3 is 0 Å². The van der Waals surface area contributed by atoms with E-state index >= 15 is 0 Å². The van der Waals surface area contributed by atoms with Gasteiger partial charge in [-0.05, 0) is 24.7 Å². The van der Waals surface area contributed by atoms with Crippen molar-refractivity contribution in [2.75, 3.05) is 0 Å². The van der Waals surface area contributed by atoms with E-state index in [2.05, 4.69) is 12.2 Å². The predicted octanol–water partition coefficient (Wildman–Crippen LogP) is 3.61. The molecule has 1 aromatic rings. The monoisotopic (exact) mass is 374 g/mol. The SMILES string of the molecule is N#CC(C#N)=C1c2sc(=O)sc2C(=C(C#N)C#N)C2C1[C@@H]1C=C[C@H]2CC1. The Kier molecular flexibility index (Phi) is 3.86. The number of rotatable bonds is 0. The first-order chi connectivity index (χ1) is 12.6. The normalized spacial score (nSPS) is 27.4. The maximum atomic E-state index is 12.2. The summed E-state index contributed by atoms with van der Waals surface area (Å²) in [7, 11) is 0.